The highest BCUT2D eigenvalue weighted by molar-refractivity contribution is 4.91. The Kier molecular flexibility index (Phi) is 4.70. The van der Waals surface area contributed by atoms with Crippen LogP contribution in [0.15, 0.2) is 0 Å². The average Bonchev–Trinajstić information content (AvgIpc) is 2.68. The summed E-state index contributed by atoms with van der Waals surface area (Å²) in [5, 5.41) is 3.36. The predicted molar refractivity (Wildman–Crippen MR) is 55.0 cm³/mol. The largest absolute Gasteiger partial charge is 0.374 e. The van der Waals surface area contributed by atoms with E-state index in [1.807, 2.05) is 13.8 Å². The van der Waals surface area contributed by atoms with Gasteiger partial charge in [-0.15, -0.1) is 0 Å². The van der Waals surface area contributed by atoms with Gasteiger partial charge in [0.1, 0.15) is 0 Å². The first kappa shape index (κ1) is 11.0. The Bertz CT molecular complexity index is 141. The van der Waals surface area contributed by atoms with Crippen LogP contribution in [-0.4, -0.2) is 49.8 Å². The smallest absolute Gasteiger partial charge is 0.0867 e. The molecule has 2 fully saturated rings. The first-order valence-electron chi connectivity index (χ1n) is 5.48. The van der Waals surface area contributed by atoms with Crippen LogP contribution in [0.1, 0.15) is 20.8 Å². The minimum atomic E-state index is 0.462. The molecule has 3 nitrogen and oxygen atoms in total. The summed E-state index contributed by atoms with van der Waals surface area (Å²) in [4.78, 5) is 2.51. The van der Waals surface area contributed by atoms with Crippen molar-refractivity contribution < 1.29 is 4.74 Å². The lowest BCUT2D eigenvalue weighted by atomic mass is 10.1. The molecule has 0 aromatic heterocycles. The molecule has 78 valence electrons. The fourth-order valence-electron chi connectivity index (χ4n) is 2.05. The Morgan fingerprint density at radius 1 is 1.38 bits per heavy atom. The van der Waals surface area contributed by atoms with Gasteiger partial charge in [0.05, 0.1) is 12.7 Å². The van der Waals surface area contributed by atoms with E-state index in [0.717, 1.165) is 32.8 Å². The quantitative estimate of drug-likeness (QED) is 0.652. The molecule has 0 aromatic rings. The van der Waals surface area contributed by atoms with E-state index in [9.17, 15) is 0 Å². The summed E-state index contributed by atoms with van der Waals surface area (Å²) in [7, 11) is 0. The second-order valence-corrected chi connectivity index (χ2v) is 3.26. The standard InChI is InChI=1S/C8H16N2O.C2H6/c1-2-10-3-4-11-8-6-9-5-7(8)10;1-2/h7-9H,2-6H2,1H3;1-2H3. The molecular formula is C10H22N2O. The summed E-state index contributed by atoms with van der Waals surface area (Å²) in [6.07, 6.45) is 0.462. The van der Waals surface area contributed by atoms with Crippen molar-refractivity contribution in [2.24, 2.45) is 0 Å². The van der Waals surface area contributed by atoms with E-state index < -0.39 is 0 Å². The Morgan fingerprint density at radius 2 is 2.15 bits per heavy atom. The molecule has 13 heavy (non-hydrogen) atoms. The van der Waals surface area contributed by atoms with Crippen LogP contribution in [0.4, 0.5) is 0 Å². The summed E-state index contributed by atoms with van der Waals surface area (Å²) in [5.74, 6) is 0. The van der Waals surface area contributed by atoms with Crippen LogP contribution >= 0.6 is 0 Å². The highest BCUT2D eigenvalue weighted by Gasteiger charge is 2.34. The van der Waals surface area contributed by atoms with Gasteiger partial charge in [-0.1, -0.05) is 20.8 Å². The van der Waals surface area contributed by atoms with Crippen molar-refractivity contribution in [3.63, 3.8) is 0 Å². The maximum atomic E-state index is 5.63. The maximum Gasteiger partial charge on any atom is 0.0867 e. The predicted octanol–water partition coefficient (Wildman–Crippen LogP) is 0.705. The third kappa shape index (κ3) is 2.42. The molecule has 2 aliphatic rings. The fraction of sp³-hybridized carbons (Fsp3) is 1.00. The Balaban J connectivity index is 0.000000396. The Morgan fingerprint density at radius 3 is 2.85 bits per heavy atom. The molecule has 0 radical (unpaired) electrons. The van der Waals surface area contributed by atoms with Crippen LogP contribution in [0.3, 0.4) is 0 Å². The number of nitrogens with one attached hydrogen (secondary N) is 1. The molecule has 0 bridgehead atoms. The molecule has 2 unspecified atom stereocenters. The maximum absolute atomic E-state index is 5.63. The second kappa shape index (κ2) is 5.58. The number of hydrogen-bond acceptors (Lipinski definition) is 3. The first-order chi connectivity index (χ1) is 6.42. The zero-order chi connectivity index (χ0) is 9.68. The highest BCUT2D eigenvalue weighted by Crippen LogP contribution is 2.16. The van der Waals surface area contributed by atoms with Crippen LogP contribution in [0.5, 0.6) is 0 Å². The first-order valence-corrected chi connectivity index (χ1v) is 5.48. The number of nitrogens with zero attached hydrogens (tertiary/aromatic N) is 1. The van der Waals surface area contributed by atoms with Crippen molar-refractivity contribution in [1.29, 1.82) is 0 Å². The molecular weight excluding hydrogens is 164 g/mol. The third-order valence-corrected chi connectivity index (χ3v) is 2.71. The van der Waals surface area contributed by atoms with Crippen molar-refractivity contribution in [2.75, 3.05) is 32.8 Å². The molecule has 0 amide bonds. The number of likely N-dealkylation sites (N-methyl/N-ethyl adjacent to an activating group) is 1. The molecule has 0 aliphatic carbocycles. The van der Waals surface area contributed by atoms with Gasteiger partial charge >= 0.3 is 0 Å². The number of fused-ring (bicyclic) bond motifs is 1. The molecule has 2 aliphatic heterocycles. The molecule has 3 heteroatoms. The zero-order valence-corrected chi connectivity index (χ0v) is 9.05. The monoisotopic (exact) mass is 186 g/mol. The summed E-state index contributed by atoms with van der Waals surface area (Å²) in [6, 6.07) is 0.647. The number of hydrogen-bond donors (Lipinski definition) is 1. The lowest BCUT2D eigenvalue weighted by molar-refractivity contribution is -0.0446. The van der Waals surface area contributed by atoms with E-state index >= 15 is 0 Å². The van der Waals surface area contributed by atoms with Gasteiger partial charge in [-0.3, -0.25) is 4.90 Å². The van der Waals surface area contributed by atoms with Crippen LogP contribution in [0.25, 0.3) is 0 Å². The molecule has 2 heterocycles. The van der Waals surface area contributed by atoms with E-state index in [0.29, 0.717) is 12.1 Å². The fourth-order valence-corrected chi connectivity index (χ4v) is 2.05. The lowest BCUT2D eigenvalue weighted by Crippen LogP contribution is -2.50. The molecule has 2 atom stereocenters. The third-order valence-electron chi connectivity index (χ3n) is 2.71. The van der Waals surface area contributed by atoms with Gasteiger partial charge in [-0.05, 0) is 6.54 Å². The minimum absolute atomic E-state index is 0.462. The summed E-state index contributed by atoms with van der Waals surface area (Å²) in [6.45, 7) is 11.6. The SMILES string of the molecule is CC.CCN1CCOC2CNCC21. The van der Waals surface area contributed by atoms with E-state index in [4.69, 9.17) is 4.74 Å². The van der Waals surface area contributed by atoms with Crippen molar-refractivity contribution in [1.82, 2.24) is 10.2 Å². The van der Waals surface area contributed by atoms with Gasteiger partial charge in [0.2, 0.25) is 0 Å². The molecule has 0 spiro atoms. The van der Waals surface area contributed by atoms with Crippen LogP contribution < -0.4 is 5.32 Å². The minimum Gasteiger partial charge on any atom is -0.374 e. The topological polar surface area (TPSA) is 24.5 Å². The van der Waals surface area contributed by atoms with Crippen LogP contribution in [0, 0.1) is 0 Å². The summed E-state index contributed by atoms with van der Waals surface area (Å²) in [5.41, 5.74) is 0. The summed E-state index contributed by atoms with van der Waals surface area (Å²) >= 11 is 0. The number of ether oxygens (including phenoxy) is 1. The van der Waals surface area contributed by atoms with E-state index in [1.54, 1.807) is 0 Å². The van der Waals surface area contributed by atoms with Gasteiger partial charge in [-0.25, -0.2) is 0 Å². The molecule has 0 saturated carbocycles. The van der Waals surface area contributed by atoms with E-state index in [1.165, 1.54) is 0 Å². The van der Waals surface area contributed by atoms with Crippen molar-refractivity contribution in [2.45, 2.75) is 32.9 Å². The lowest BCUT2D eigenvalue weighted by Gasteiger charge is -2.36. The van der Waals surface area contributed by atoms with Crippen molar-refractivity contribution in [3.8, 4) is 0 Å². The Labute approximate surface area is 81.4 Å². The van der Waals surface area contributed by atoms with Crippen LogP contribution in [-0.2, 0) is 4.74 Å². The molecule has 2 saturated heterocycles. The molecule has 2 rings (SSSR count). The Hall–Kier alpha value is -0.120. The molecule has 0 aromatic carbocycles. The van der Waals surface area contributed by atoms with Gasteiger partial charge in [-0.2, -0.15) is 0 Å². The van der Waals surface area contributed by atoms with Crippen LogP contribution in [0.2, 0.25) is 0 Å². The van der Waals surface area contributed by atoms with Gasteiger partial charge in [0.25, 0.3) is 0 Å². The number of rotatable bonds is 1. The average molecular weight is 186 g/mol. The van der Waals surface area contributed by atoms with Gasteiger partial charge in [0, 0.05) is 25.7 Å². The van der Waals surface area contributed by atoms with Crippen molar-refractivity contribution in [3.05, 3.63) is 0 Å². The molecule has 1 N–H and O–H groups in total. The second-order valence-electron chi connectivity index (χ2n) is 3.26. The zero-order valence-electron chi connectivity index (χ0n) is 9.05. The van der Waals surface area contributed by atoms with Gasteiger partial charge in [0.15, 0.2) is 0 Å². The highest BCUT2D eigenvalue weighted by atomic mass is 16.5. The summed E-state index contributed by atoms with van der Waals surface area (Å²) < 4.78 is 5.63. The van der Waals surface area contributed by atoms with E-state index in [2.05, 4.69) is 17.1 Å². The number of morpholine rings is 1. The normalized spacial score (nSPS) is 33.5. The van der Waals surface area contributed by atoms with E-state index in [-0.39, 0.29) is 0 Å². The van der Waals surface area contributed by atoms with Crippen molar-refractivity contribution >= 4 is 0 Å². The van der Waals surface area contributed by atoms with Gasteiger partial charge < -0.3 is 10.1 Å².